The van der Waals surface area contributed by atoms with Gasteiger partial charge in [-0.25, -0.2) is 0 Å². The van der Waals surface area contributed by atoms with Crippen LogP contribution in [0.2, 0.25) is 0 Å². The van der Waals surface area contributed by atoms with Crippen LogP contribution in [0.15, 0.2) is 42.6 Å². The summed E-state index contributed by atoms with van der Waals surface area (Å²) in [7, 11) is 0. The fourth-order valence-electron chi connectivity index (χ4n) is 1.76. The van der Waals surface area contributed by atoms with Crippen molar-refractivity contribution in [1.82, 2.24) is 10.3 Å². The van der Waals surface area contributed by atoms with Crippen molar-refractivity contribution in [3.8, 4) is 0 Å². The highest BCUT2D eigenvalue weighted by Crippen LogP contribution is 2.11. The van der Waals surface area contributed by atoms with Gasteiger partial charge in [-0.15, -0.1) is 0 Å². The molecule has 21 heavy (non-hydrogen) atoms. The Morgan fingerprint density at radius 2 is 1.86 bits per heavy atom. The third-order valence-electron chi connectivity index (χ3n) is 2.87. The molecule has 1 heterocycles. The van der Waals surface area contributed by atoms with Crippen LogP contribution in [0.25, 0.3) is 0 Å². The van der Waals surface area contributed by atoms with Crippen LogP contribution in [-0.2, 0) is 0 Å². The highest BCUT2D eigenvalue weighted by atomic mass is 16.3. The van der Waals surface area contributed by atoms with Gasteiger partial charge >= 0.3 is 0 Å². The second-order valence-electron chi connectivity index (χ2n) is 4.45. The van der Waals surface area contributed by atoms with Gasteiger partial charge in [0.1, 0.15) is 5.69 Å². The first kappa shape index (κ1) is 14.8. The Hall–Kier alpha value is -2.60. The zero-order valence-corrected chi connectivity index (χ0v) is 11.4. The highest BCUT2D eigenvalue weighted by molar-refractivity contribution is 6.03. The zero-order valence-electron chi connectivity index (χ0n) is 11.4. The summed E-state index contributed by atoms with van der Waals surface area (Å²) in [4.78, 5) is 26.4. The molecule has 2 amide bonds. The maximum atomic E-state index is 11.8. The van der Waals surface area contributed by atoms with Crippen molar-refractivity contribution in [2.24, 2.45) is 0 Å². The summed E-state index contributed by atoms with van der Waals surface area (Å²) in [5, 5.41) is 14.1. The van der Waals surface area contributed by atoms with Crippen molar-refractivity contribution in [2.75, 3.05) is 18.5 Å². The Balaban J connectivity index is 1.92. The lowest BCUT2D eigenvalue weighted by molar-refractivity contribution is 0.0950. The van der Waals surface area contributed by atoms with Crippen LogP contribution in [-0.4, -0.2) is 35.1 Å². The van der Waals surface area contributed by atoms with Crippen molar-refractivity contribution in [3.05, 3.63) is 53.9 Å². The van der Waals surface area contributed by atoms with E-state index in [0.29, 0.717) is 29.9 Å². The van der Waals surface area contributed by atoms with Crippen LogP contribution >= 0.6 is 0 Å². The first-order valence-electron chi connectivity index (χ1n) is 6.64. The van der Waals surface area contributed by atoms with Gasteiger partial charge in [-0.05, 0) is 42.8 Å². The molecule has 0 aliphatic rings. The van der Waals surface area contributed by atoms with E-state index in [1.807, 2.05) is 0 Å². The third kappa shape index (κ3) is 4.19. The van der Waals surface area contributed by atoms with Gasteiger partial charge in [-0.1, -0.05) is 0 Å². The van der Waals surface area contributed by atoms with Crippen LogP contribution in [0.1, 0.15) is 27.3 Å². The van der Waals surface area contributed by atoms with Gasteiger partial charge in [0.15, 0.2) is 0 Å². The number of nitrogens with one attached hydrogen (secondary N) is 3. The van der Waals surface area contributed by atoms with E-state index in [1.54, 1.807) is 42.6 Å². The van der Waals surface area contributed by atoms with E-state index in [4.69, 9.17) is 5.11 Å². The minimum atomic E-state index is -0.236. The molecule has 2 aromatic rings. The first-order valence-corrected chi connectivity index (χ1v) is 6.64. The van der Waals surface area contributed by atoms with Gasteiger partial charge in [0.2, 0.25) is 0 Å². The van der Waals surface area contributed by atoms with E-state index in [0.717, 1.165) is 0 Å². The van der Waals surface area contributed by atoms with Gasteiger partial charge in [-0.3, -0.25) is 9.59 Å². The van der Waals surface area contributed by atoms with Crippen molar-refractivity contribution in [2.45, 2.75) is 6.42 Å². The van der Waals surface area contributed by atoms with Crippen molar-refractivity contribution in [3.63, 3.8) is 0 Å². The Labute approximate surface area is 122 Å². The number of aliphatic hydroxyl groups is 1. The molecule has 110 valence electrons. The number of hydrogen-bond donors (Lipinski definition) is 4. The first-order chi connectivity index (χ1) is 10.2. The minimum absolute atomic E-state index is 0.0456. The molecule has 0 aliphatic heterocycles. The minimum Gasteiger partial charge on any atom is -0.396 e. The SMILES string of the molecule is O=C(NCCCO)c1ccc(NC(=O)c2ccc[nH]2)cc1. The average Bonchev–Trinajstić information content (AvgIpc) is 3.02. The predicted octanol–water partition coefficient (Wildman–Crippen LogP) is 1.38. The van der Waals surface area contributed by atoms with E-state index in [-0.39, 0.29) is 18.4 Å². The summed E-state index contributed by atoms with van der Waals surface area (Å²) in [5.74, 6) is -0.439. The number of rotatable bonds is 6. The van der Waals surface area contributed by atoms with Gasteiger partial charge < -0.3 is 20.7 Å². The molecular weight excluding hydrogens is 270 g/mol. The second kappa shape index (κ2) is 7.25. The average molecular weight is 287 g/mol. The van der Waals surface area contributed by atoms with Crippen LogP contribution in [0.3, 0.4) is 0 Å². The molecule has 1 aromatic heterocycles. The largest absolute Gasteiger partial charge is 0.396 e. The van der Waals surface area contributed by atoms with Gasteiger partial charge in [0.05, 0.1) is 0 Å². The quantitative estimate of drug-likeness (QED) is 0.605. The number of carbonyl (C=O) groups is 2. The van der Waals surface area contributed by atoms with Crippen LogP contribution in [0.5, 0.6) is 0 Å². The van der Waals surface area contributed by atoms with Gasteiger partial charge in [-0.2, -0.15) is 0 Å². The number of hydrogen-bond acceptors (Lipinski definition) is 3. The predicted molar refractivity (Wildman–Crippen MR) is 79.2 cm³/mol. The molecule has 6 heteroatoms. The Morgan fingerprint density at radius 1 is 1.10 bits per heavy atom. The number of anilines is 1. The molecule has 2 rings (SSSR count). The monoisotopic (exact) mass is 287 g/mol. The summed E-state index contributed by atoms with van der Waals surface area (Å²) in [6, 6.07) is 10.0. The molecule has 0 spiro atoms. The fourth-order valence-corrected chi connectivity index (χ4v) is 1.76. The molecule has 0 aliphatic carbocycles. The zero-order chi connectivity index (χ0) is 15.1. The lowest BCUT2D eigenvalue weighted by Gasteiger charge is -2.06. The number of aliphatic hydroxyl groups excluding tert-OH is 1. The van der Waals surface area contributed by atoms with E-state index >= 15 is 0 Å². The highest BCUT2D eigenvalue weighted by Gasteiger charge is 2.08. The molecule has 0 bridgehead atoms. The van der Waals surface area contributed by atoms with Crippen LogP contribution < -0.4 is 10.6 Å². The van der Waals surface area contributed by atoms with Crippen molar-refractivity contribution in [1.29, 1.82) is 0 Å². The van der Waals surface area contributed by atoms with E-state index in [2.05, 4.69) is 15.6 Å². The molecule has 0 atom stereocenters. The molecule has 0 saturated carbocycles. The summed E-state index contributed by atoms with van der Waals surface area (Å²) < 4.78 is 0. The normalized spacial score (nSPS) is 10.1. The van der Waals surface area contributed by atoms with Gasteiger partial charge in [0, 0.05) is 30.6 Å². The smallest absolute Gasteiger partial charge is 0.272 e. The van der Waals surface area contributed by atoms with Crippen LogP contribution in [0.4, 0.5) is 5.69 Å². The topological polar surface area (TPSA) is 94.2 Å². The maximum Gasteiger partial charge on any atom is 0.272 e. The third-order valence-corrected chi connectivity index (χ3v) is 2.87. The lowest BCUT2D eigenvalue weighted by Crippen LogP contribution is -2.25. The second-order valence-corrected chi connectivity index (χ2v) is 4.45. The summed E-state index contributed by atoms with van der Waals surface area (Å²) in [6.45, 7) is 0.477. The van der Waals surface area contributed by atoms with Crippen molar-refractivity contribution >= 4 is 17.5 Å². The Kier molecular flexibility index (Phi) is 5.11. The van der Waals surface area contributed by atoms with Crippen molar-refractivity contribution < 1.29 is 14.7 Å². The standard InChI is InChI=1S/C15H17N3O3/c19-10-2-9-17-14(20)11-4-6-12(7-5-11)18-15(21)13-3-1-8-16-13/h1,3-8,16,19H,2,9-10H2,(H,17,20)(H,18,21). The maximum absolute atomic E-state index is 11.8. The molecule has 0 fully saturated rings. The van der Waals surface area contributed by atoms with E-state index in [9.17, 15) is 9.59 Å². The van der Waals surface area contributed by atoms with Crippen LogP contribution in [0, 0.1) is 0 Å². The number of H-pyrrole nitrogens is 1. The molecule has 4 N–H and O–H groups in total. The lowest BCUT2D eigenvalue weighted by atomic mass is 10.2. The van der Waals surface area contributed by atoms with Gasteiger partial charge in [0.25, 0.3) is 11.8 Å². The van der Waals surface area contributed by atoms with E-state index < -0.39 is 0 Å². The van der Waals surface area contributed by atoms with E-state index in [1.165, 1.54) is 0 Å². The number of aromatic amines is 1. The molecule has 0 saturated heterocycles. The molecule has 6 nitrogen and oxygen atoms in total. The number of benzene rings is 1. The number of carbonyl (C=O) groups excluding carboxylic acids is 2. The molecule has 0 unspecified atom stereocenters. The molecule has 1 aromatic carbocycles. The summed E-state index contributed by atoms with van der Waals surface area (Å²) >= 11 is 0. The molecular formula is C15H17N3O3. The summed E-state index contributed by atoms with van der Waals surface area (Å²) in [5.41, 5.74) is 1.59. The number of amides is 2. The molecule has 0 radical (unpaired) electrons. The fraction of sp³-hybridized carbons (Fsp3) is 0.200. The Morgan fingerprint density at radius 3 is 2.48 bits per heavy atom. The number of aromatic nitrogens is 1. The summed E-state index contributed by atoms with van der Waals surface area (Å²) in [6.07, 6.45) is 2.20. The Bertz CT molecular complexity index is 591.